The Morgan fingerprint density at radius 2 is 2.17 bits per heavy atom. The van der Waals surface area contributed by atoms with Gasteiger partial charge in [0.25, 0.3) is 0 Å². The van der Waals surface area contributed by atoms with Gasteiger partial charge in [-0.1, -0.05) is 0 Å². The van der Waals surface area contributed by atoms with Crippen molar-refractivity contribution < 1.29 is 0 Å². The molecular weight excluding hydrogens is 154 g/mol. The molecule has 5 nitrogen and oxygen atoms in total. The van der Waals surface area contributed by atoms with Gasteiger partial charge in [0.1, 0.15) is 11.4 Å². The second-order valence-electron chi connectivity index (χ2n) is 2.05. The predicted molar refractivity (Wildman–Crippen MR) is 39.7 cm³/mol. The second-order valence-corrected chi connectivity index (χ2v) is 2.05. The Morgan fingerprint density at radius 1 is 1.17 bits per heavy atom. The van der Waals surface area contributed by atoms with Crippen LogP contribution in [0.1, 0.15) is 0 Å². The van der Waals surface area contributed by atoms with Crippen LogP contribution in [0.5, 0.6) is 0 Å². The number of hydrogen-bond donors (Lipinski definition) is 0. The van der Waals surface area contributed by atoms with E-state index >= 15 is 0 Å². The Bertz CT molecular complexity index is 309. The number of nitrogens with zero attached hydrogens (tertiary/aromatic N) is 5. The predicted octanol–water partition coefficient (Wildman–Crippen LogP) is 0.129. The zero-order valence-corrected chi connectivity index (χ0v) is 6.05. The minimum atomic E-state index is 0.623. The van der Waals surface area contributed by atoms with Crippen molar-refractivity contribution in [2.24, 2.45) is 0 Å². The van der Waals surface area contributed by atoms with Crippen LogP contribution in [-0.2, 0) is 0 Å². The quantitative estimate of drug-likeness (QED) is 0.590. The van der Waals surface area contributed by atoms with Crippen LogP contribution < -0.4 is 0 Å². The molecule has 0 saturated heterocycles. The lowest BCUT2D eigenvalue weighted by Gasteiger charge is -1.93. The first-order valence-electron chi connectivity index (χ1n) is 3.30. The molecule has 0 amide bonds. The van der Waals surface area contributed by atoms with Gasteiger partial charge in [0.2, 0.25) is 6.33 Å². The highest BCUT2D eigenvalue weighted by Gasteiger charge is 1.98. The standard InChI is InChI=1S/C7H4N5/c1-2-6(12-9-3-1)7-4-10-11-5-8-7/h1-4H. The third kappa shape index (κ3) is 1.24. The van der Waals surface area contributed by atoms with E-state index in [1.807, 2.05) is 0 Å². The lowest BCUT2D eigenvalue weighted by atomic mass is 10.3. The van der Waals surface area contributed by atoms with Crippen LogP contribution >= 0.6 is 0 Å². The third-order valence-corrected chi connectivity index (χ3v) is 1.29. The molecule has 0 N–H and O–H groups in total. The van der Waals surface area contributed by atoms with Crippen LogP contribution in [0.2, 0.25) is 0 Å². The molecule has 0 unspecified atom stereocenters. The molecule has 1 radical (unpaired) electrons. The molecule has 12 heavy (non-hydrogen) atoms. The summed E-state index contributed by atoms with van der Waals surface area (Å²) in [7, 11) is 0. The van der Waals surface area contributed by atoms with Crippen molar-refractivity contribution in [3.8, 4) is 11.4 Å². The van der Waals surface area contributed by atoms with Gasteiger partial charge in [0, 0.05) is 6.20 Å². The molecule has 0 aromatic carbocycles. The van der Waals surface area contributed by atoms with Gasteiger partial charge in [-0.05, 0) is 12.1 Å². The van der Waals surface area contributed by atoms with Crippen LogP contribution in [0, 0.1) is 6.33 Å². The van der Waals surface area contributed by atoms with Gasteiger partial charge in [-0.25, -0.2) is 4.98 Å². The Balaban J connectivity index is 2.46. The normalized spacial score (nSPS) is 9.67. The largest absolute Gasteiger partial charge is 0.222 e. The third-order valence-electron chi connectivity index (χ3n) is 1.29. The highest BCUT2D eigenvalue weighted by molar-refractivity contribution is 5.50. The van der Waals surface area contributed by atoms with Crippen LogP contribution in [0.4, 0.5) is 0 Å². The van der Waals surface area contributed by atoms with E-state index in [9.17, 15) is 0 Å². The molecule has 5 heteroatoms. The van der Waals surface area contributed by atoms with Gasteiger partial charge in [-0.15, -0.1) is 10.2 Å². The van der Waals surface area contributed by atoms with Crippen LogP contribution in [0.3, 0.4) is 0 Å². The smallest absolute Gasteiger partial charge is 0.220 e. The molecule has 0 aliphatic rings. The van der Waals surface area contributed by atoms with Crippen LogP contribution in [0.15, 0.2) is 24.5 Å². The van der Waals surface area contributed by atoms with E-state index in [0.29, 0.717) is 11.4 Å². The molecule has 0 bridgehead atoms. The topological polar surface area (TPSA) is 64.5 Å². The molecule has 2 aromatic heterocycles. The minimum absolute atomic E-state index is 0.623. The maximum absolute atomic E-state index is 3.85. The molecule has 2 heterocycles. The van der Waals surface area contributed by atoms with E-state index < -0.39 is 0 Å². The maximum atomic E-state index is 3.85. The Labute approximate surface area is 68.5 Å². The molecule has 0 atom stereocenters. The van der Waals surface area contributed by atoms with E-state index in [4.69, 9.17) is 0 Å². The molecule has 2 aromatic rings. The van der Waals surface area contributed by atoms with Crippen molar-refractivity contribution >= 4 is 0 Å². The summed E-state index contributed by atoms with van der Waals surface area (Å²) >= 11 is 0. The molecule has 0 saturated carbocycles. The van der Waals surface area contributed by atoms with Crippen molar-refractivity contribution in [1.82, 2.24) is 25.4 Å². The Kier molecular flexibility index (Phi) is 1.69. The fourth-order valence-electron chi connectivity index (χ4n) is 0.776. The van der Waals surface area contributed by atoms with E-state index in [-0.39, 0.29) is 0 Å². The van der Waals surface area contributed by atoms with Gasteiger partial charge in [0.15, 0.2) is 0 Å². The summed E-state index contributed by atoms with van der Waals surface area (Å²) in [6.07, 6.45) is 5.49. The molecular formula is C7H4N5. The zero-order chi connectivity index (χ0) is 8.23. The summed E-state index contributed by atoms with van der Waals surface area (Å²) < 4.78 is 0. The van der Waals surface area contributed by atoms with Gasteiger partial charge < -0.3 is 0 Å². The van der Waals surface area contributed by atoms with E-state index in [1.54, 1.807) is 18.3 Å². The molecule has 0 fully saturated rings. The molecule has 0 spiro atoms. The number of rotatable bonds is 1. The minimum Gasteiger partial charge on any atom is -0.220 e. The van der Waals surface area contributed by atoms with Gasteiger partial charge in [0.05, 0.1) is 6.20 Å². The van der Waals surface area contributed by atoms with Crippen LogP contribution in [-0.4, -0.2) is 25.4 Å². The van der Waals surface area contributed by atoms with E-state index in [1.165, 1.54) is 6.20 Å². The average Bonchev–Trinajstić information content (AvgIpc) is 2.21. The van der Waals surface area contributed by atoms with Gasteiger partial charge in [-0.2, -0.15) is 10.2 Å². The lowest BCUT2D eigenvalue weighted by Crippen LogP contribution is -1.91. The number of aromatic nitrogens is 5. The zero-order valence-electron chi connectivity index (χ0n) is 6.05. The highest BCUT2D eigenvalue weighted by Crippen LogP contribution is 2.07. The molecule has 57 valence electrons. The van der Waals surface area contributed by atoms with E-state index in [0.717, 1.165) is 0 Å². The molecule has 0 aliphatic heterocycles. The summed E-state index contributed by atoms with van der Waals surface area (Å²) in [5.41, 5.74) is 1.29. The van der Waals surface area contributed by atoms with Crippen LogP contribution in [0.25, 0.3) is 11.4 Å². The number of hydrogen-bond acceptors (Lipinski definition) is 5. The van der Waals surface area contributed by atoms with E-state index in [2.05, 4.69) is 31.7 Å². The summed E-state index contributed by atoms with van der Waals surface area (Å²) in [6, 6.07) is 3.58. The average molecular weight is 158 g/mol. The van der Waals surface area contributed by atoms with Gasteiger partial charge in [-0.3, -0.25) is 0 Å². The summed E-state index contributed by atoms with van der Waals surface area (Å²) in [6.45, 7) is 0. The Hall–Kier alpha value is -1.91. The SMILES string of the molecule is [c]1nncc(-c2cccnn2)n1. The summed E-state index contributed by atoms with van der Waals surface area (Å²) in [5, 5.41) is 14.6. The first kappa shape index (κ1) is 6.78. The maximum Gasteiger partial charge on any atom is 0.222 e. The van der Waals surface area contributed by atoms with Crippen molar-refractivity contribution in [1.29, 1.82) is 0 Å². The van der Waals surface area contributed by atoms with Crippen molar-refractivity contribution in [2.45, 2.75) is 0 Å². The monoisotopic (exact) mass is 158 g/mol. The highest BCUT2D eigenvalue weighted by atomic mass is 15.1. The first-order chi connectivity index (χ1) is 5.97. The lowest BCUT2D eigenvalue weighted by molar-refractivity contribution is 0.947. The first-order valence-corrected chi connectivity index (χ1v) is 3.30. The Morgan fingerprint density at radius 3 is 2.83 bits per heavy atom. The fraction of sp³-hybridized carbons (Fsp3) is 0. The summed E-state index contributed by atoms with van der Waals surface area (Å²) in [4.78, 5) is 3.85. The summed E-state index contributed by atoms with van der Waals surface area (Å²) in [5.74, 6) is 0. The van der Waals surface area contributed by atoms with Gasteiger partial charge >= 0.3 is 0 Å². The fourth-order valence-corrected chi connectivity index (χ4v) is 0.776. The molecule has 2 rings (SSSR count). The van der Waals surface area contributed by atoms with Crippen molar-refractivity contribution in [3.05, 3.63) is 30.9 Å². The van der Waals surface area contributed by atoms with Crippen molar-refractivity contribution in [3.63, 3.8) is 0 Å². The second kappa shape index (κ2) is 3.00. The van der Waals surface area contributed by atoms with Crippen molar-refractivity contribution in [2.75, 3.05) is 0 Å². The molecule has 0 aliphatic carbocycles.